The Hall–Kier alpha value is -3.20. The summed E-state index contributed by atoms with van der Waals surface area (Å²) in [7, 11) is 1.60. The predicted octanol–water partition coefficient (Wildman–Crippen LogP) is 1.09. The van der Waals surface area contributed by atoms with E-state index < -0.39 is 11.8 Å². The Morgan fingerprint density at radius 3 is 2.89 bits per heavy atom. The van der Waals surface area contributed by atoms with Crippen LogP contribution in [0.3, 0.4) is 0 Å². The monoisotopic (exact) mass is 370 g/mol. The molecule has 0 radical (unpaired) electrons. The number of aromatic nitrogens is 4. The number of aromatic amines is 1. The molecule has 2 heterocycles. The quantitative estimate of drug-likeness (QED) is 0.406. The number of methoxy groups -OCH3 is 1. The van der Waals surface area contributed by atoms with Gasteiger partial charge < -0.3 is 20.4 Å². The number of para-hydroxylation sites is 2. The number of H-pyrrole nitrogens is 1. The average Bonchev–Trinajstić information content (AvgIpc) is 3.29. The fraction of sp³-hybridized carbons (Fsp3) is 0.333. The number of imidazole rings is 1. The minimum absolute atomic E-state index is 0.327. The van der Waals surface area contributed by atoms with Crippen LogP contribution in [0.5, 0.6) is 0 Å². The molecule has 0 unspecified atom stereocenters. The fourth-order valence-corrected chi connectivity index (χ4v) is 2.57. The Morgan fingerprint density at radius 1 is 1.22 bits per heavy atom. The molecule has 0 aliphatic rings. The summed E-state index contributed by atoms with van der Waals surface area (Å²) < 4.78 is 6.59. The fourth-order valence-electron chi connectivity index (χ4n) is 2.57. The lowest BCUT2D eigenvalue weighted by Crippen LogP contribution is -2.36. The van der Waals surface area contributed by atoms with E-state index in [2.05, 4.69) is 25.7 Å². The first-order chi connectivity index (χ1) is 13.2. The standard InChI is InChI=1S/C18H22N6O3/c1-27-12-11-24-10-8-16(23-24)22-18(26)17(25)19-9-4-7-15-20-13-5-2-3-6-14(13)21-15/h2-3,5-6,8,10H,4,7,9,11-12H2,1H3,(H,19,25)(H,20,21)(H,22,23,26). The van der Waals surface area contributed by atoms with Crippen molar-refractivity contribution in [2.45, 2.75) is 19.4 Å². The number of aryl methyl sites for hydroxylation is 1. The molecule has 0 aliphatic heterocycles. The first-order valence-corrected chi connectivity index (χ1v) is 8.71. The van der Waals surface area contributed by atoms with Crippen molar-refractivity contribution in [3.05, 3.63) is 42.4 Å². The van der Waals surface area contributed by atoms with E-state index in [4.69, 9.17) is 4.74 Å². The summed E-state index contributed by atoms with van der Waals surface area (Å²) in [6.45, 7) is 1.46. The summed E-state index contributed by atoms with van der Waals surface area (Å²) in [4.78, 5) is 31.5. The predicted molar refractivity (Wildman–Crippen MR) is 100 cm³/mol. The van der Waals surface area contributed by atoms with Crippen molar-refractivity contribution in [3.8, 4) is 0 Å². The molecule has 0 atom stereocenters. The Balaban J connectivity index is 1.39. The average molecular weight is 370 g/mol. The van der Waals surface area contributed by atoms with Gasteiger partial charge in [-0.1, -0.05) is 12.1 Å². The number of hydrogen-bond donors (Lipinski definition) is 3. The molecular weight excluding hydrogens is 348 g/mol. The summed E-state index contributed by atoms with van der Waals surface area (Å²) in [5, 5.41) is 9.21. The molecular formula is C18H22N6O3. The first-order valence-electron chi connectivity index (χ1n) is 8.71. The SMILES string of the molecule is COCCn1ccc(NC(=O)C(=O)NCCCc2nc3ccccc3[nH]2)n1. The lowest BCUT2D eigenvalue weighted by Gasteiger charge is -2.04. The molecule has 0 spiro atoms. The van der Waals surface area contributed by atoms with Crippen molar-refractivity contribution in [2.75, 3.05) is 25.6 Å². The molecule has 2 aromatic heterocycles. The third-order valence-corrected chi connectivity index (χ3v) is 3.93. The molecule has 0 saturated carbocycles. The number of rotatable bonds is 8. The summed E-state index contributed by atoms with van der Waals surface area (Å²) in [5.74, 6) is -0.244. The van der Waals surface area contributed by atoms with E-state index >= 15 is 0 Å². The third kappa shape index (κ3) is 5.14. The summed E-state index contributed by atoms with van der Waals surface area (Å²) >= 11 is 0. The topological polar surface area (TPSA) is 114 Å². The van der Waals surface area contributed by atoms with Crippen LogP contribution >= 0.6 is 0 Å². The van der Waals surface area contributed by atoms with Crippen molar-refractivity contribution >= 4 is 28.7 Å². The van der Waals surface area contributed by atoms with Gasteiger partial charge in [0.25, 0.3) is 0 Å². The van der Waals surface area contributed by atoms with Crippen LogP contribution in [0.15, 0.2) is 36.5 Å². The highest BCUT2D eigenvalue weighted by molar-refractivity contribution is 6.39. The number of benzene rings is 1. The van der Waals surface area contributed by atoms with Gasteiger partial charge in [0.1, 0.15) is 5.82 Å². The Bertz CT molecular complexity index is 884. The summed E-state index contributed by atoms with van der Waals surface area (Å²) in [6.07, 6.45) is 3.06. The van der Waals surface area contributed by atoms with Gasteiger partial charge in [-0.3, -0.25) is 14.3 Å². The maximum absolute atomic E-state index is 11.9. The highest BCUT2D eigenvalue weighted by Crippen LogP contribution is 2.11. The van der Waals surface area contributed by atoms with Crippen LogP contribution in [0, 0.1) is 0 Å². The maximum Gasteiger partial charge on any atom is 0.314 e. The van der Waals surface area contributed by atoms with Crippen LogP contribution < -0.4 is 10.6 Å². The highest BCUT2D eigenvalue weighted by atomic mass is 16.5. The Morgan fingerprint density at radius 2 is 2.07 bits per heavy atom. The number of carbonyl (C=O) groups is 2. The third-order valence-electron chi connectivity index (χ3n) is 3.93. The second-order valence-corrected chi connectivity index (χ2v) is 5.97. The number of nitrogens with zero attached hydrogens (tertiary/aromatic N) is 3. The van der Waals surface area contributed by atoms with E-state index in [1.165, 1.54) is 0 Å². The molecule has 27 heavy (non-hydrogen) atoms. The lowest BCUT2D eigenvalue weighted by atomic mass is 10.3. The van der Waals surface area contributed by atoms with Gasteiger partial charge in [0, 0.05) is 32.3 Å². The molecule has 0 fully saturated rings. The van der Waals surface area contributed by atoms with E-state index in [1.54, 1.807) is 24.1 Å². The van der Waals surface area contributed by atoms with Gasteiger partial charge in [0.2, 0.25) is 0 Å². The molecule has 2 amide bonds. The highest BCUT2D eigenvalue weighted by Gasteiger charge is 2.14. The lowest BCUT2D eigenvalue weighted by molar-refractivity contribution is -0.136. The van der Waals surface area contributed by atoms with Gasteiger partial charge in [-0.15, -0.1) is 0 Å². The van der Waals surface area contributed by atoms with Crippen molar-refractivity contribution in [2.24, 2.45) is 0 Å². The number of amides is 2. The molecule has 1 aromatic carbocycles. The zero-order chi connectivity index (χ0) is 19.1. The van der Waals surface area contributed by atoms with E-state index in [-0.39, 0.29) is 0 Å². The van der Waals surface area contributed by atoms with Gasteiger partial charge in [-0.25, -0.2) is 4.98 Å². The van der Waals surface area contributed by atoms with E-state index in [0.717, 1.165) is 16.9 Å². The van der Waals surface area contributed by atoms with Crippen LogP contribution in [0.1, 0.15) is 12.2 Å². The molecule has 3 N–H and O–H groups in total. The smallest absolute Gasteiger partial charge is 0.314 e. The van der Waals surface area contributed by atoms with Crippen molar-refractivity contribution in [1.29, 1.82) is 0 Å². The van der Waals surface area contributed by atoms with Gasteiger partial charge in [-0.05, 0) is 18.6 Å². The van der Waals surface area contributed by atoms with Crippen LogP contribution in [-0.4, -0.2) is 51.8 Å². The zero-order valence-corrected chi connectivity index (χ0v) is 15.1. The number of fused-ring (bicyclic) bond motifs is 1. The minimum Gasteiger partial charge on any atom is -0.383 e. The van der Waals surface area contributed by atoms with E-state index in [0.29, 0.717) is 38.4 Å². The van der Waals surface area contributed by atoms with Gasteiger partial charge in [0.15, 0.2) is 5.82 Å². The number of nitrogens with one attached hydrogen (secondary N) is 3. The molecule has 3 rings (SSSR count). The summed E-state index contributed by atoms with van der Waals surface area (Å²) in [5.41, 5.74) is 1.90. The number of carbonyl (C=O) groups excluding carboxylic acids is 2. The largest absolute Gasteiger partial charge is 0.383 e. The van der Waals surface area contributed by atoms with Crippen molar-refractivity contribution in [1.82, 2.24) is 25.1 Å². The van der Waals surface area contributed by atoms with Crippen molar-refractivity contribution < 1.29 is 14.3 Å². The normalized spacial score (nSPS) is 10.9. The van der Waals surface area contributed by atoms with Crippen LogP contribution in [-0.2, 0) is 27.3 Å². The van der Waals surface area contributed by atoms with Gasteiger partial charge in [-0.2, -0.15) is 5.10 Å². The second kappa shape index (κ2) is 8.95. The molecule has 142 valence electrons. The second-order valence-electron chi connectivity index (χ2n) is 5.97. The molecule has 0 aliphatic carbocycles. The Labute approximate surface area is 156 Å². The molecule has 0 saturated heterocycles. The molecule has 0 bridgehead atoms. The summed E-state index contributed by atoms with van der Waals surface area (Å²) in [6, 6.07) is 9.42. The number of hydrogen-bond acceptors (Lipinski definition) is 5. The van der Waals surface area contributed by atoms with E-state index in [9.17, 15) is 9.59 Å². The first kappa shape index (κ1) is 18.6. The zero-order valence-electron chi connectivity index (χ0n) is 15.1. The minimum atomic E-state index is -0.740. The van der Waals surface area contributed by atoms with E-state index in [1.807, 2.05) is 24.3 Å². The molecule has 3 aromatic rings. The van der Waals surface area contributed by atoms with Crippen LogP contribution in [0.4, 0.5) is 5.82 Å². The number of ether oxygens (including phenoxy) is 1. The maximum atomic E-state index is 11.9. The van der Waals surface area contributed by atoms with Crippen LogP contribution in [0.2, 0.25) is 0 Å². The van der Waals surface area contributed by atoms with Gasteiger partial charge >= 0.3 is 11.8 Å². The molecule has 9 heteroatoms. The molecule has 9 nitrogen and oxygen atoms in total. The Kier molecular flexibility index (Phi) is 6.16. The van der Waals surface area contributed by atoms with Gasteiger partial charge in [0.05, 0.1) is 24.2 Å². The van der Waals surface area contributed by atoms with Crippen LogP contribution in [0.25, 0.3) is 11.0 Å². The number of anilines is 1. The van der Waals surface area contributed by atoms with Crippen molar-refractivity contribution in [3.63, 3.8) is 0 Å².